The summed E-state index contributed by atoms with van der Waals surface area (Å²) in [5.41, 5.74) is 0.914. The van der Waals surface area contributed by atoms with E-state index in [2.05, 4.69) is 4.89 Å². The molecule has 10 heavy (non-hydrogen) atoms. The Labute approximate surface area is 60.0 Å². The molecule has 1 radical (unpaired) electrons. The number of hydrogen-bond donors (Lipinski definition) is 0. The predicted octanol–water partition coefficient (Wildman–Crippen LogP) is 2.11. The first-order valence-electron chi connectivity index (χ1n) is 3.18. The average Bonchev–Trinajstić information content (AvgIpc) is 2.05. The highest BCUT2D eigenvalue weighted by Crippen LogP contribution is 2.13. The minimum Gasteiger partial charge on any atom is -0.196 e. The lowest BCUT2D eigenvalue weighted by Crippen LogP contribution is -1.93. The first-order chi connectivity index (χ1) is 4.84. The molecule has 2 nitrogen and oxygen atoms in total. The topological polar surface area (TPSA) is 29.1 Å². The molecule has 1 aromatic rings. The van der Waals surface area contributed by atoms with Crippen LogP contribution in [-0.4, -0.2) is 0 Å². The minimum atomic E-state index is -0.346. The highest BCUT2D eigenvalue weighted by atomic mass is 17.1. The largest absolute Gasteiger partial charge is 0.196 e. The number of hydrogen-bond acceptors (Lipinski definition) is 1. The van der Waals surface area contributed by atoms with Crippen LogP contribution in [0.5, 0.6) is 0 Å². The summed E-state index contributed by atoms with van der Waals surface area (Å²) in [6.45, 7) is 1.72. The molecule has 0 saturated heterocycles. The van der Waals surface area contributed by atoms with Gasteiger partial charge in [-0.1, -0.05) is 30.3 Å². The van der Waals surface area contributed by atoms with E-state index in [9.17, 15) is 5.26 Å². The summed E-state index contributed by atoms with van der Waals surface area (Å²) < 4.78 is 0. The quantitative estimate of drug-likeness (QED) is 0.453. The molecule has 0 aliphatic carbocycles. The Morgan fingerprint density at radius 2 is 1.90 bits per heavy atom. The molecule has 1 rings (SSSR count). The standard InChI is InChI=1S/C8H9O2/c1-7(10-9)8-5-3-2-4-6-8/h2-7H,1H3. The maximum Gasteiger partial charge on any atom is 0.118 e. The van der Waals surface area contributed by atoms with Gasteiger partial charge >= 0.3 is 0 Å². The molecule has 0 aliphatic heterocycles. The lowest BCUT2D eigenvalue weighted by Gasteiger charge is -2.03. The van der Waals surface area contributed by atoms with Gasteiger partial charge in [-0.3, -0.25) is 0 Å². The van der Waals surface area contributed by atoms with Crippen LogP contribution in [0.4, 0.5) is 0 Å². The van der Waals surface area contributed by atoms with Gasteiger partial charge in [0.05, 0.1) is 0 Å². The Kier molecular flexibility index (Phi) is 2.42. The van der Waals surface area contributed by atoms with Crippen LogP contribution in [0.25, 0.3) is 0 Å². The van der Waals surface area contributed by atoms with Crippen LogP contribution >= 0.6 is 0 Å². The van der Waals surface area contributed by atoms with Gasteiger partial charge in [0.2, 0.25) is 0 Å². The van der Waals surface area contributed by atoms with Crippen LogP contribution in [0.3, 0.4) is 0 Å². The molecule has 1 atom stereocenters. The molecule has 0 amide bonds. The second-order valence-electron chi connectivity index (χ2n) is 2.15. The van der Waals surface area contributed by atoms with Gasteiger partial charge in [-0.05, 0) is 17.7 Å². The third kappa shape index (κ3) is 1.56. The van der Waals surface area contributed by atoms with Crippen LogP contribution in [0.1, 0.15) is 18.6 Å². The van der Waals surface area contributed by atoms with Crippen LogP contribution < -0.4 is 0 Å². The predicted molar refractivity (Wildman–Crippen MR) is 36.6 cm³/mol. The van der Waals surface area contributed by atoms with Gasteiger partial charge in [0.15, 0.2) is 0 Å². The summed E-state index contributed by atoms with van der Waals surface area (Å²) in [5, 5.41) is 9.93. The monoisotopic (exact) mass is 137 g/mol. The van der Waals surface area contributed by atoms with Crippen molar-refractivity contribution in [3.8, 4) is 0 Å². The van der Waals surface area contributed by atoms with Crippen LogP contribution in [0.2, 0.25) is 0 Å². The molecule has 2 heteroatoms. The highest BCUT2D eigenvalue weighted by molar-refractivity contribution is 5.16. The molecule has 0 aliphatic rings. The maximum atomic E-state index is 9.93. The molecule has 1 unspecified atom stereocenters. The SMILES string of the molecule is CC(O[O])c1ccccc1. The molecule has 0 saturated carbocycles. The fraction of sp³-hybridized carbons (Fsp3) is 0.250. The fourth-order valence-electron chi connectivity index (χ4n) is 0.780. The van der Waals surface area contributed by atoms with Crippen molar-refractivity contribution in [1.82, 2.24) is 0 Å². The van der Waals surface area contributed by atoms with Gasteiger partial charge in [0, 0.05) is 0 Å². The van der Waals surface area contributed by atoms with Gasteiger partial charge < -0.3 is 0 Å². The summed E-state index contributed by atoms with van der Waals surface area (Å²) in [6, 6.07) is 9.39. The Hall–Kier alpha value is -0.860. The van der Waals surface area contributed by atoms with Gasteiger partial charge in [-0.15, -0.1) is 0 Å². The zero-order valence-electron chi connectivity index (χ0n) is 5.78. The molecule has 0 spiro atoms. The second-order valence-corrected chi connectivity index (χ2v) is 2.15. The van der Waals surface area contributed by atoms with Crippen molar-refractivity contribution < 1.29 is 10.1 Å². The Balaban J connectivity index is 2.75. The molecular formula is C8H9O2. The molecule has 1 aromatic carbocycles. The maximum absolute atomic E-state index is 9.93. The summed E-state index contributed by atoms with van der Waals surface area (Å²) >= 11 is 0. The Morgan fingerprint density at radius 1 is 1.30 bits per heavy atom. The van der Waals surface area contributed by atoms with Crippen molar-refractivity contribution in [1.29, 1.82) is 0 Å². The molecule has 0 heterocycles. The van der Waals surface area contributed by atoms with Gasteiger partial charge in [0.25, 0.3) is 0 Å². The molecule has 0 aromatic heterocycles. The molecule has 0 bridgehead atoms. The smallest absolute Gasteiger partial charge is 0.118 e. The van der Waals surface area contributed by atoms with Crippen LogP contribution in [0.15, 0.2) is 30.3 Å². The first kappa shape index (κ1) is 7.25. The van der Waals surface area contributed by atoms with E-state index in [0.717, 1.165) is 5.56 Å². The van der Waals surface area contributed by atoms with Crippen molar-refractivity contribution in [3.05, 3.63) is 35.9 Å². The number of benzene rings is 1. The first-order valence-corrected chi connectivity index (χ1v) is 3.18. The zero-order chi connectivity index (χ0) is 7.40. The Bertz CT molecular complexity index is 184. The van der Waals surface area contributed by atoms with E-state index in [1.165, 1.54) is 0 Å². The number of rotatable bonds is 2. The summed E-state index contributed by atoms with van der Waals surface area (Å²) in [4.78, 5) is 3.89. The van der Waals surface area contributed by atoms with Gasteiger partial charge in [0.1, 0.15) is 6.10 Å². The van der Waals surface area contributed by atoms with Crippen LogP contribution in [-0.2, 0) is 10.1 Å². The fourth-order valence-corrected chi connectivity index (χ4v) is 0.780. The highest BCUT2D eigenvalue weighted by Gasteiger charge is 2.02. The van der Waals surface area contributed by atoms with Gasteiger partial charge in [-0.2, -0.15) is 4.89 Å². The van der Waals surface area contributed by atoms with E-state index in [1.807, 2.05) is 30.3 Å². The van der Waals surface area contributed by atoms with Crippen molar-refractivity contribution in [2.75, 3.05) is 0 Å². The van der Waals surface area contributed by atoms with Crippen molar-refractivity contribution in [2.24, 2.45) is 0 Å². The van der Waals surface area contributed by atoms with Crippen molar-refractivity contribution in [2.45, 2.75) is 13.0 Å². The molecular weight excluding hydrogens is 128 g/mol. The average molecular weight is 137 g/mol. The third-order valence-electron chi connectivity index (χ3n) is 1.41. The van der Waals surface area contributed by atoms with Crippen molar-refractivity contribution >= 4 is 0 Å². The van der Waals surface area contributed by atoms with E-state index in [-0.39, 0.29) is 6.10 Å². The van der Waals surface area contributed by atoms with Crippen LogP contribution in [0, 0.1) is 0 Å². The summed E-state index contributed by atoms with van der Waals surface area (Å²) in [7, 11) is 0. The van der Waals surface area contributed by atoms with Gasteiger partial charge in [-0.25, -0.2) is 0 Å². The van der Waals surface area contributed by atoms with E-state index in [0.29, 0.717) is 0 Å². The molecule has 0 N–H and O–H groups in total. The van der Waals surface area contributed by atoms with E-state index >= 15 is 0 Å². The summed E-state index contributed by atoms with van der Waals surface area (Å²) in [5.74, 6) is 0. The minimum absolute atomic E-state index is 0.346. The Morgan fingerprint density at radius 3 is 2.40 bits per heavy atom. The van der Waals surface area contributed by atoms with Crippen molar-refractivity contribution in [3.63, 3.8) is 0 Å². The van der Waals surface area contributed by atoms with E-state index in [1.54, 1.807) is 6.92 Å². The second kappa shape index (κ2) is 3.34. The third-order valence-corrected chi connectivity index (χ3v) is 1.41. The molecule has 53 valence electrons. The van der Waals surface area contributed by atoms with E-state index in [4.69, 9.17) is 0 Å². The summed E-state index contributed by atoms with van der Waals surface area (Å²) in [6.07, 6.45) is -0.346. The van der Waals surface area contributed by atoms with E-state index < -0.39 is 0 Å². The lowest BCUT2D eigenvalue weighted by atomic mass is 10.1. The normalized spacial score (nSPS) is 13.0. The molecule has 0 fully saturated rings. The lowest BCUT2D eigenvalue weighted by molar-refractivity contribution is -0.334. The zero-order valence-corrected chi connectivity index (χ0v) is 5.78.